The second-order valence-corrected chi connectivity index (χ2v) is 4.20. The van der Waals surface area contributed by atoms with Crippen molar-refractivity contribution in [1.82, 2.24) is 9.97 Å². The molecule has 1 heterocycles. The second kappa shape index (κ2) is 5.71. The monoisotopic (exact) mass is 281 g/mol. The van der Waals surface area contributed by atoms with Crippen molar-refractivity contribution in [3.05, 3.63) is 40.9 Å². The first-order valence-corrected chi connectivity index (χ1v) is 5.96. The molecule has 4 N–H and O–H groups in total. The number of anilines is 3. The minimum absolute atomic E-state index is 0.190. The molecule has 0 spiro atoms. The number of nitrogens with two attached hydrogens (primary N) is 1. The van der Waals surface area contributed by atoms with Gasteiger partial charge in [-0.15, -0.1) is 0 Å². The second-order valence-electron chi connectivity index (χ2n) is 3.79. The third-order valence-electron chi connectivity index (χ3n) is 2.62. The molecular weight excluding hydrogens is 269 g/mol. The van der Waals surface area contributed by atoms with Gasteiger partial charge in [0.1, 0.15) is 17.8 Å². The van der Waals surface area contributed by atoms with Crippen molar-refractivity contribution in [2.75, 3.05) is 23.4 Å². The number of rotatable bonds is 4. The molecule has 2 aromatic rings. The van der Waals surface area contributed by atoms with Crippen LogP contribution in [0.4, 0.5) is 21.7 Å². The Bertz CT molecular complexity index is 570. The topological polar surface area (TPSA) is 75.9 Å². The van der Waals surface area contributed by atoms with E-state index in [9.17, 15) is 4.39 Å². The van der Waals surface area contributed by atoms with E-state index in [-0.39, 0.29) is 12.4 Å². The van der Waals surface area contributed by atoms with Crippen LogP contribution in [0.5, 0.6) is 0 Å². The average Bonchev–Trinajstić information content (AvgIpc) is 2.40. The van der Waals surface area contributed by atoms with Crippen LogP contribution < -0.4 is 16.4 Å². The van der Waals surface area contributed by atoms with Crippen molar-refractivity contribution < 1.29 is 4.39 Å². The van der Waals surface area contributed by atoms with Crippen LogP contribution in [-0.4, -0.2) is 17.0 Å². The summed E-state index contributed by atoms with van der Waals surface area (Å²) in [5.74, 6) is 0.567. The van der Waals surface area contributed by atoms with Crippen LogP contribution in [0, 0.1) is 5.82 Å². The summed E-state index contributed by atoms with van der Waals surface area (Å²) >= 11 is 5.94. The minimum Gasteiger partial charge on any atom is -0.393 e. The van der Waals surface area contributed by atoms with Crippen LogP contribution >= 0.6 is 11.6 Å². The van der Waals surface area contributed by atoms with Crippen LogP contribution in [0.15, 0.2) is 24.5 Å². The zero-order chi connectivity index (χ0) is 13.8. The summed E-state index contributed by atoms with van der Waals surface area (Å²) in [5.41, 5.74) is 6.60. The van der Waals surface area contributed by atoms with E-state index in [4.69, 9.17) is 17.3 Å². The van der Waals surface area contributed by atoms with Crippen molar-refractivity contribution in [2.24, 2.45) is 0 Å². The number of halogens is 2. The fourth-order valence-electron chi connectivity index (χ4n) is 1.61. The molecule has 0 amide bonds. The lowest BCUT2D eigenvalue weighted by Gasteiger charge is -2.11. The summed E-state index contributed by atoms with van der Waals surface area (Å²) in [4.78, 5) is 7.97. The van der Waals surface area contributed by atoms with Gasteiger partial charge >= 0.3 is 0 Å². The lowest BCUT2D eigenvalue weighted by molar-refractivity contribution is 0.613. The molecule has 100 valence electrons. The third kappa shape index (κ3) is 2.85. The maximum atomic E-state index is 13.6. The van der Waals surface area contributed by atoms with Crippen molar-refractivity contribution in [3.8, 4) is 0 Å². The van der Waals surface area contributed by atoms with Crippen molar-refractivity contribution in [1.29, 1.82) is 0 Å². The Labute approximate surface area is 115 Å². The molecule has 19 heavy (non-hydrogen) atoms. The highest BCUT2D eigenvalue weighted by atomic mass is 35.5. The molecule has 0 atom stereocenters. The van der Waals surface area contributed by atoms with Crippen LogP contribution in [0.25, 0.3) is 0 Å². The maximum absolute atomic E-state index is 13.6. The van der Waals surface area contributed by atoms with E-state index in [2.05, 4.69) is 20.6 Å². The molecule has 0 unspecified atom stereocenters. The van der Waals surface area contributed by atoms with Gasteiger partial charge in [0.2, 0.25) is 0 Å². The molecule has 5 nitrogen and oxygen atoms in total. The Morgan fingerprint density at radius 1 is 1.32 bits per heavy atom. The summed E-state index contributed by atoms with van der Waals surface area (Å²) in [6.45, 7) is 0.190. The standard InChI is InChI=1S/C12H13ClFN5/c1-16-11-10(15)12(19-6-18-11)17-5-7-8(13)3-2-4-9(7)14/h2-4,6H,5,15H2,1H3,(H2,16,17,18,19). The highest BCUT2D eigenvalue weighted by Gasteiger charge is 2.10. The molecule has 0 fully saturated rings. The number of aromatic nitrogens is 2. The number of nitrogen functional groups attached to an aromatic ring is 1. The van der Waals surface area contributed by atoms with Gasteiger partial charge in [0.05, 0.1) is 0 Å². The first kappa shape index (κ1) is 13.4. The molecule has 1 aromatic carbocycles. The summed E-state index contributed by atoms with van der Waals surface area (Å²) in [7, 11) is 1.70. The fraction of sp³-hybridized carbons (Fsp3) is 0.167. The van der Waals surface area contributed by atoms with E-state index in [0.29, 0.717) is 27.9 Å². The summed E-state index contributed by atoms with van der Waals surface area (Å²) in [6.07, 6.45) is 1.37. The number of benzene rings is 1. The van der Waals surface area contributed by atoms with Crippen molar-refractivity contribution >= 4 is 28.9 Å². The van der Waals surface area contributed by atoms with Gasteiger partial charge in [-0.1, -0.05) is 17.7 Å². The minimum atomic E-state index is -0.374. The predicted octanol–water partition coefficient (Wildman–Crippen LogP) is 2.51. The number of hydrogen-bond donors (Lipinski definition) is 3. The van der Waals surface area contributed by atoms with E-state index >= 15 is 0 Å². The van der Waals surface area contributed by atoms with E-state index in [0.717, 1.165) is 0 Å². The summed E-state index contributed by atoms with van der Waals surface area (Å²) < 4.78 is 13.6. The normalized spacial score (nSPS) is 10.3. The van der Waals surface area contributed by atoms with E-state index in [1.54, 1.807) is 19.2 Å². The summed E-state index contributed by atoms with van der Waals surface area (Å²) in [6, 6.07) is 4.54. The van der Waals surface area contributed by atoms with Gasteiger partial charge in [-0.2, -0.15) is 0 Å². The van der Waals surface area contributed by atoms with Gasteiger partial charge in [0.25, 0.3) is 0 Å². The van der Waals surface area contributed by atoms with Gasteiger partial charge in [-0.3, -0.25) is 0 Å². The maximum Gasteiger partial charge on any atom is 0.155 e. The zero-order valence-electron chi connectivity index (χ0n) is 10.2. The number of nitrogens with one attached hydrogen (secondary N) is 2. The Morgan fingerprint density at radius 3 is 2.74 bits per heavy atom. The Balaban J connectivity index is 2.19. The molecule has 0 aliphatic heterocycles. The van der Waals surface area contributed by atoms with Crippen molar-refractivity contribution in [2.45, 2.75) is 6.54 Å². The highest BCUT2D eigenvalue weighted by Crippen LogP contribution is 2.24. The number of nitrogens with zero attached hydrogens (tertiary/aromatic N) is 2. The fourth-order valence-corrected chi connectivity index (χ4v) is 1.84. The molecule has 0 saturated carbocycles. The van der Waals surface area contributed by atoms with E-state index in [1.165, 1.54) is 12.4 Å². The largest absolute Gasteiger partial charge is 0.393 e. The molecule has 2 rings (SSSR count). The van der Waals surface area contributed by atoms with Crippen LogP contribution in [0.3, 0.4) is 0 Å². The molecule has 0 radical (unpaired) electrons. The quantitative estimate of drug-likeness (QED) is 0.803. The molecule has 1 aromatic heterocycles. The smallest absolute Gasteiger partial charge is 0.155 e. The lowest BCUT2D eigenvalue weighted by Crippen LogP contribution is -2.09. The first-order valence-electron chi connectivity index (χ1n) is 5.58. The Hall–Kier alpha value is -2.08. The predicted molar refractivity (Wildman–Crippen MR) is 74.7 cm³/mol. The third-order valence-corrected chi connectivity index (χ3v) is 2.97. The lowest BCUT2D eigenvalue weighted by atomic mass is 10.2. The van der Waals surface area contributed by atoms with Gasteiger partial charge in [0.15, 0.2) is 11.6 Å². The Kier molecular flexibility index (Phi) is 4.01. The van der Waals surface area contributed by atoms with Crippen LogP contribution in [0.2, 0.25) is 5.02 Å². The highest BCUT2D eigenvalue weighted by molar-refractivity contribution is 6.31. The van der Waals surface area contributed by atoms with Gasteiger partial charge in [-0.25, -0.2) is 14.4 Å². The van der Waals surface area contributed by atoms with Crippen LogP contribution in [0.1, 0.15) is 5.56 Å². The zero-order valence-corrected chi connectivity index (χ0v) is 11.0. The Morgan fingerprint density at radius 2 is 2.05 bits per heavy atom. The summed E-state index contributed by atoms with van der Waals surface area (Å²) in [5, 5.41) is 6.14. The molecule has 0 saturated heterocycles. The first-order chi connectivity index (χ1) is 9.13. The number of hydrogen-bond acceptors (Lipinski definition) is 5. The molecule has 0 bridgehead atoms. The van der Waals surface area contributed by atoms with E-state index < -0.39 is 0 Å². The van der Waals surface area contributed by atoms with Crippen molar-refractivity contribution in [3.63, 3.8) is 0 Å². The molecule has 0 aliphatic rings. The average molecular weight is 282 g/mol. The van der Waals surface area contributed by atoms with Gasteiger partial charge < -0.3 is 16.4 Å². The molecule has 7 heteroatoms. The van der Waals surface area contributed by atoms with Gasteiger partial charge in [-0.05, 0) is 12.1 Å². The van der Waals surface area contributed by atoms with Crippen LogP contribution in [-0.2, 0) is 6.54 Å². The van der Waals surface area contributed by atoms with Gasteiger partial charge in [0, 0.05) is 24.2 Å². The molecular formula is C12H13ClFN5. The SMILES string of the molecule is CNc1ncnc(NCc2c(F)cccc2Cl)c1N. The van der Waals surface area contributed by atoms with E-state index in [1.807, 2.05) is 0 Å². The molecule has 0 aliphatic carbocycles.